The van der Waals surface area contributed by atoms with Crippen molar-refractivity contribution in [2.75, 3.05) is 20.8 Å². The van der Waals surface area contributed by atoms with Crippen LogP contribution in [0, 0.1) is 23.7 Å². The Kier molecular flexibility index (Phi) is 15.3. The Hall–Kier alpha value is -2.05. The van der Waals surface area contributed by atoms with Crippen LogP contribution in [0.15, 0.2) is 47.1 Å². The Morgan fingerprint density at radius 2 is 1.66 bits per heavy atom. The van der Waals surface area contributed by atoms with E-state index in [-0.39, 0.29) is 49.1 Å². The number of carbonyl (C=O) groups is 1. The highest BCUT2D eigenvalue weighted by molar-refractivity contribution is 5.78. The molecule has 6 aliphatic heterocycles. The van der Waals surface area contributed by atoms with Gasteiger partial charge >= 0.3 is 5.97 Å². The van der Waals surface area contributed by atoms with Crippen molar-refractivity contribution in [1.29, 1.82) is 0 Å². The van der Waals surface area contributed by atoms with Gasteiger partial charge in [0.1, 0.15) is 35.9 Å². The first kappa shape index (κ1) is 47.9. The fraction of sp³-hybridized carbons (Fsp3) is 0.812. The molecule has 5 fully saturated rings. The van der Waals surface area contributed by atoms with Crippen molar-refractivity contribution >= 4 is 5.97 Å². The van der Waals surface area contributed by atoms with Crippen LogP contribution in [0.3, 0.4) is 0 Å². The summed E-state index contributed by atoms with van der Waals surface area (Å²) < 4.78 is 64.3. The maximum atomic E-state index is 14.4. The van der Waals surface area contributed by atoms with Crippen LogP contribution in [0.4, 0.5) is 0 Å². The number of aliphatic hydroxyl groups is 2. The molecule has 14 nitrogen and oxygen atoms in total. The lowest BCUT2D eigenvalue weighted by Gasteiger charge is -2.51. The van der Waals surface area contributed by atoms with Crippen molar-refractivity contribution in [3.8, 4) is 0 Å². The maximum Gasteiger partial charge on any atom is 0.316 e. The standard InChI is InChI=1S/C48H75NO13/c1-11-25(2)43-28(5)17-18-47(62-43)23-34-20-33(61-47)16-15-27(4)42(26(3)13-12-14-32-24-55-45-41(50)29(6)19-35(46(51)58-34)48(32,45)52)59-39-22-37(54-10)44(31(8)57-39)60-38-21-36(53-9)40(49)30(7)56-38/h12-15,19,25-26,28,30-31,33-45,50,52H,11,16-18,20-24,49H2,1-10H3/b13-12+,27-15+,32-14+/t25?,26-,28-,30-,31-,33?,34?,35-,36-,37-,38-,39-,40+,41+,42-,43+,44-,45?,47?,48+/m0/s1. The van der Waals surface area contributed by atoms with E-state index in [1.54, 1.807) is 33.3 Å². The van der Waals surface area contributed by atoms with Gasteiger partial charge in [-0.1, -0.05) is 64.5 Å². The Bertz CT molecular complexity index is 1680. The number of hydrogen-bond acceptors (Lipinski definition) is 14. The molecule has 6 heterocycles. The van der Waals surface area contributed by atoms with E-state index in [0.717, 1.165) is 18.4 Å². The van der Waals surface area contributed by atoms with E-state index in [0.29, 0.717) is 61.5 Å². The molecule has 350 valence electrons. The summed E-state index contributed by atoms with van der Waals surface area (Å²) in [4.78, 5) is 14.4. The molecule has 62 heavy (non-hydrogen) atoms. The van der Waals surface area contributed by atoms with Gasteiger partial charge < -0.3 is 63.3 Å². The van der Waals surface area contributed by atoms with Gasteiger partial charge in [-0.3, -0.25) is 4.79 Å². The lowest BCUT2D eigenvalue weighted by atomic mass is 9.71. The topological polar surface area (TPSA) is 176 Å². The molecule has 0 aromatic carbocycles. The molecule has 0 aromatic rings. The molecule has 2 bridgehead atoms. The van der Waals surface area contributed by atoms with Crippen molar-refractivity contribution in [2.24, 2.45) is 29.4 Å². The molecule has 7 rings (SSSR count). The predicted octanol–water partition coefficient (Wildman–Crippen LogP) is 5.57. The first-order valence-electron chi connectivity index (χ1n) is 23.2. The van der Waals surface area contributed by atoms with Gasteiger partial charge in [0.2, 0.25) is 0 Å². The van der Waals surface area contributed by atoms with Crippen molar-refractivity contribution in [3.63, 3.8) is 0 Å². The van der Waals surface area contributed by atoms with Gasteiger partial charge in [-0.2, -0.15) is 0 Å². The highest BCUT2D eigenvalue weighted by Crippen LogP contribution is 2.48. The van der Waals surface area contributed by atoms with Crippen LogP contribution in [0.5, 0.6) is 0 Å². The van der Waals surface area contributed by atoms with E-state index in [1.165, 1.54) is 0 Å². The van der Waals surface area contributed by atoms with Gasteiger partial charge in [0.15, 0.2) is 18.4 Å². The molecule has 4 N–H and O–H groups in total. The third-order valence-corrected chi connectivity index (χ3v) is 15.0. The van der Waals surface area contributed by atoms with Gasteiger partial charge in [-0.15, -0.1) is 0 Å². The van der Waals surface area contributed by atoms with Crippen molar-refractivity contribution in [1.82, 2.24) is 0 Å². The zero-order valence-corrected chi connectivity index (χ0v) is 38.6. The Morgan fingerprint density at radius 3 is 2.39 bits per heavy atom. The smallest absolute Gasteiger partial charge is 0.316 e. The first-order chi connectivity index (χ1) is 29.5. The molecule has 5 saturated heterocycles. The monoisotopic (exact) mass is 874 g/mol. The van der Waals surface area contributed by atoms with Crippen LogP contribution in [0.25, 0.3) is 0 Å². The molecule has 0 amide bonds. The number of hydrogen-bond donors (Lipinski definition) is 3. The van der Waals surface area contributed by atoms with Gasteiger partial charge in [-0.25, -0.2) is 0 Å². The second-order valence-corrected chi connectivity index (χ2v) is 19.4. The number of carbonyl (C=O) groups excluding carboxylic acids is 1. The minimum absolute atomic E-state index is 0.00208. The summed E-state index contributed by atoms with van der Waals surface area (Å²) >= 11 is 0. The number of methoxy groups -OCH3 is 2. The molecule has 14 heteroatoms. The highest BCUT2D eigenvalue weighted by Gasteiger charge is 2.60. The maximum absolute atomic E-state index is 14.4. The number of nitrogens with two attached hydrogens (primary N) is 1. The zero-order chi connectivity index (χ0) is 44.7. The van der Waals surface area contributed by atoms with E-state index < -0.39 is 72.5 Å². The number of aliphatic hydroxyl groups excluding tert-OH is 1. The predicted molar refractivity (Wildman–Crippen MR) is 229 cm³/mol. The first-order valence-corrected chi connectivity index (χ1v) is 23.2. The normalized spacial score (nSPS) is 49.4. The molecule has 1 spiro atoms. The lowest BCUT2D eigenvalue weighted by Crippen LogP contribution is -2.58. The lowest BCUT2D eigenvalue weighted by molar-refractivity contribution is -0.340. The van der Waals surface area contributed by atoms with Gasteiger partial charge in [-0.05, 0) is 69.1 Å². The van der Waals surface area contributed by atoms with Gasteiger partial charge in [0, 0.05) is 52.2 Å². The van der Waals surface area contributed by atoms with Crippen LogP contribution >= 0.6 is 0 Å². The van der Waals surface area contributed by atoms with E-state index in [4.69, 9.17) is 53.1 Å². The molecule has 0 radical (unpaired) electrons. The molecular weight excluding hydrogens is 799 g/mol. The Balaban J connectivity index is 1.18. The summed E-state index contributed by atoms with van der Waals surface area (Å²) in [5.41, 5.74) is 6.54. The van der Waals surface area contributed by atoms with Crippen LogP contribution in [-0.2, 0) is 52.2 Å². The summed E-state index contributed by atoms with van der Waals surface area (Å²) in [5, 5.41) is 23.7. The van der Waals surface area contributed by atoms with Crippen molar-refractivity contribution < 1.29 is 62.4 Å². The van der Waals surface area contributed by atoms with Crippen LogP contribution in [-0.4, -0.2) is 134 Å². The average molecular weight is 874 g/mol. The van der Waals surface area contributed by atoms with Gasteiger partial charge in [0.05, 0.1) is 55.4 Å². The minimum Gasteiger partial charge on any atom is -0.462 e. The number of ether oxygens (including phenoxy) is 10. The molecule has 5 unspecified atom stereocenters. The third-order valence-electron chi connectivity index (χ3n) is 15.0. The molecule has 1 aliphatic carbocycles. The largest absolute Gasteiger partial charge is 0.462 e. The van der Waals surface area contributed by atoms with E-state index in [1.807, 2.05) is 26.0 Å². The molecular formula is C48H75NO13. The number of esters is 1. The Morgan fingerprint density at radius 1 is 0.952 bits per heavy atom. The summed E-state index contributed by atoms with van der Waals surface area (Å²) in [6, 6.07) is -0.254. The van der Waals surface area contributed by atoms with Gasteiger partial charge in [0.25, 0.3) is 0 Å². The van der Waals surface area contributed by atoms with Crippen LogP contribution in [0.2, 0.25) is 0 Å². The molecule has 0 saturated carbocycles. The van der Waals surface area contributed by atoms with E-state index >= 15 is 0 Å². The van der Waals surface area contributed by atoms with E-state index in [2.05, 4.69) is 40.7 Å². The van der Waals surface area contributed by atoms with Crippen LogP contribution in [0.1, 0.15) is 107 Å². The number of fused-ring (bicyclic) bond motifs is 2. The molecule has 0 aromatic heterocycles. The molecule has 20 atom stereocenters. The molecule has 7 aliphatic rings. The van der Waals surface area contributed by atoms with Crippen molar-refractivity contribution in [3.05, 3.63) is 47.1 Å². The number of rotatable bonds is 8. The summed E-state index contributed by atoms with van der Waals surface area (Å²) in [6.07, 6.45) is 8.21. The fourth-order valence-electron chi connectivity index (χ4n) is 11.0. The second kappa shape index (κ2) is 19.8. The summed E-state index contributed by atoms with van der Waals surface area (Å²) in [5.74, 6) is -2.06. The highest BCUT2D eigenvalue weighted by atomic mass is 16.7. The number of allylic oxidation sites excluding steroid dienone is 2. The van der Waals surface area contributed by atoms with Crippen molar-refractivity contribution in [2.45, 2.75) is 204 Å². The summed E-state index contributed by atoms with van der Waals surface area (Å²) in [7, 11) is 3.33. The summed E-state index contributed by atoms with van der Waals surface area (Å²) in [6.45, 7) is 16.5. The second-order valence-electron chi connectivity index (χ2n) is 19.4. The fourth-order valence-corrected chi connectivity index (χ4v) is 11.0. The third kappa shape index (κ3) is 9.73. The Labute approximate surface area is 368 Å². The average Bonchev–Trinajstić information content (AvgIpc) is 3.58. The quantitative estimate of drug-likeness (QED) is 0.204. The SMILES string of the molecule is CCC(C)[C@H]1OC2(CC[C@@H]1C)CC1CC(C/C=C(\C)[C@@H](O[C@H]3C[C@H](OC)[C@@H](O[C@H]4C[C@H](OC)[C@H](N)[C@H](C)O4)[C@H](C)O3)[C@@H](C)/C=C/C=C3\COC4[C@H](O)C(C)=C[C@@H](C(=O)O1)[C@]34O)O2. The minimum atomic E-state index is -1.82. The van der Waals surface area contributed by atoms with E-state index in [9.17, 15) is 15.0 Å². The zero-order valence-electron chi connectivity index (χ0n) is 38.6. The van der Waals surface area contributed by atoms with Crippen LogP contribution < -0.4 is 5.73 Å².